The number of nitrogens with zero attached hydrogens (tertiary/aromatic N) is 3. The molecule has 0 saturated heterocycles. The number of fused-ring (bicyclic) bond motifs is 15. The number of hydrogen-bond donors (Lipinski definition) is 0. The standard InChI is InChI=1S/C51H31N3O/c1-3-16-33(17-4-1)43-31-46(53-50(52-43)34-18-5-2-6-19-34)54-44-30-29-42-49(47(44)38-28-27-32-15-7-8-20-35(32)48(38)54)55-45-26-14-13-25-41(45)51(42)39-23-11-9-21-36(39)37-22-10-12-24-40(37)51/h1-31H. The predicted octanol–water partition coefficient (Wildman–Crippen LogP) is 12.5. The van der Waals surface area contributed by atoms with Crippen molar-refractivity contribution >= 4 is 32.6 Å². The summed E-state index contributed by atoms with van der Waals surface area (Å²) < 4.78 is 9.55. The van der Waals surface area contributed by atoms with Gasteiger partial charge in [-0.2, -0.15) is 0 Å². The molecule has 0 saturated carbocycles. The average molecular weight is 702 g/mol. The number of rotatable bonds is 3. The minimum atomic E-state index is -0.563. The third-order valence-electron chi connectivity index (χ3n) is 11.7. The van der Waals surface area contributed by atoms with Crippen LogP contribution in [0.3, 0.4) is 0 Å². The van der Waals surface area contributed by atoms with Crippen molar-refractivity contribution in [3.05, 3.63) is 210 Å². The number of aromatic nitrogens is 3. The predicted molar refractivity (Wildman–Crippen MR) is 222 cm³/mol. The lowest BCUT2D eigenvalue weighted by Gasteiger charge is -2.39. The zero-order valence-electron chi connectivity index (χ0n) is 29.6. The first-order valence-corrected chi connectivity index (χ1v) is 18.8. The zero-order chi connectivity index (χ0) is 36.1. The van der Waals surface area contributed by atoms with Crippen LogP contribution in [0.2, 0.25) is 0 Å². The van der Waals surface area contributed by atoms with E-state index in [0.717, 1.165) is 77.8 Å². The van der Waals surface area contributed by atoms with Crippen LogP contribution in [0.15, 0.2) is 188 Å². The normalized spacial score (nSPS) is 13.4. The van der Waals surface area contributed by atoms with Crippen LogP contribution in [0, 0.1) is 0 Å². The number of benzene rings is 8. The molecule has 1 aliphatic carbocycles. The van der Waals surface area contributed by atoms with Crippen molar-refractivity contribution < 1.29 is 4.74 Å². The molecule has 2 aliphatic rings. The molecule has 0 fully saturated rings. The van der Waals surface area contributed by atoms with Crippen molar-refractivity contribution in [2.75, 3.05) is 0 Å². The SMILES string of the molecule is c1ccc(-c2cc(-n3c4ccc5c(c4c4ccc6ccccc6c43)Oc3ccccc3C53c4ccccc4-c4ccccc43)nc(-c3ccccc3)n2)cc1. The van der Waals surface area contributed by atoms with E-state index in [2.05, 4.69) is 168 Å². The first-order valence-electron chi connectivity index (χ1n) is 18.8. The molecular weight excluding hydrogens is 671 g/mol. The van der Waals surface area contributed by atoms with E-state index in [-0.39, 0.29) is 0 Å². The van der Waals surface area contributed by atoms with Gasteiger partial charge in [0.15, 0.2) is 5.82 Å². The van der Waals surface area contributed by atoms with Gasteiger partial charge in [0.25, 0.3) is 0 Å². The van der Waals surface area contributed by atoms with E-state index in [1.807, 2.05) is 24.3 Å². The Morgan fingerprint density at radius 1 is 0.473 bits per heavy atom. The van der Waals surface area contributed by atoms with Crippen LogP contribution < -0.4 is 4.74 Å². The quantitative estimate of drug-likeness (QED) is 0.184. The van der Waals surface area contributed by atoms with Gasteiger partial charge in [0, 0.05) is 39.1 Å². The summed E-state index contributed by atoms with van der Waals surface area (Å²) in [6.45, 7) is 0. The van der Waals surface area contributed by atoms with Crippen LogP contribution in [-0.2, 0) is 5.41 Å². The summed E-state index contributed by atoms with van der Waals surface area (Å²) in [6, 6.07) is 66.9. The second kappa shape index (κ2) is 11.3. The van der Waals surface area contributed by atoms with Gasteiger partial charge in [-0.25, -0.2) is 9.97 Å². The Morgan fingerprint density at radius 3 is 1.87 bits per heavy atom. The van der Waals surface area contributed by atoms with Crippen LogP contribution in [0.1, 0.15) is 22.3 Å². The van der Waals surface area contributed by atoms with Gasteiger partial charge in [-0.1, -0.05) is 170 Å². The summed E-state index contributed by atoms with van der Waals surface area (Å²) in [5.41, 5.74) is 11.8. The monoisotopic (exact) mass is 701 g/mol. The molecule has 1 aliphatic heterocycles. The largest absolute Gasteiger partial charge is 0.456 e. The Kier molecular flexibility index (Phi) is 6.23. The molecule has 0 N–H and O–H groups in total. The molecule has 1 spiro atoms. The highest BCUT2D eigenvalue weighted by Crippen LogP contribution is 2.63. The number of para-hydroxylation sites is 1. The highest BCUT2D eigenvalue weighted by molar-refractivity contribution is 6.21. The van der Waals surface area contributed by atoms with Crippen LogP contribution in [-0.4, -0.2) is 14.5 Å². The van der Waals surface area contributed by atoms with E-state index in [1.54, 1.807) is 0 Å². The molecule has 55 heavy (non-hydrogen) atoms. The number of ether oxygens (including phenoxy) is 1. The Hall–Kier alpha value is -7.30. The molecule has 0 amide bonds. The molecule has 2 aromatic heterocycles. The van der Waals surface area contributed by atoms with Crippen molar-refractivity contribution in [1.29, 1.82) is 0 Å². The van der Waals surface area contributed by atoms with Gasteiger partial charge in [0.2, 0.25) is 0 Å². The van der Waals surface area contributed by atoms with E-state index in [0.29, 0.717) is 5.82 Å². The van der Waals surface area contributed by atoms with Crippen molar-refractivity contribution in [1.82, 2.24) is 14.5 Å². The fourth-order valence-electron chi connectivity index (χ4n) is 9.43. The Bertz CT molecular complexity index is 3080. The summed E-state index contributed by atoms with van der Waals surface area (Å²) in [5.74, 6) is 3.22. The maximum atomic E-state index is 7.22. The Labute approximate surface area is 317 Å². The lowest BCUT2D eigenvalue weighted by atomic mass is 9.66. The minimum absolute atomic E-state index is 0.563. The van der Waals surface area contributed by atoms with Gasteiger partial charge in [-0.05, 0) is 39.8 Å². The molecule has 0 bridgehead atoms. The summed E-state index contributed by atoms with van der Waals surface area (Å²) in [7, 11) is 0. The van der Waals surface area contributed by atoms with E-state index in [9.17, 15) is 0 Å². The van der Waals surface area contributed by atoms with Gasteiger partial charge in [-0.3, -0.25) is 4.57 Å². The maximum absolute atomic E-state index is 7.22. The van der Waals surface area contributed by atoms with Crippen molar-refractivity contribution in [3.63, 3.8) is 0 Å². The molecule has 4 nitrogen and oxygen atoms in total. The molecule has 0 radical (unpaired) electrons. The lowest BCUT2D eigenvalue weighted by molar-refractivity contribution is 0.442. The summed E-state index contributed by atoms with van der Waals surface area (Å²) in [5, 5.41) is 4.49. The molecule has 0 atom stereocenters. The summed E-state index contributed by atoms with van der Waals surface area (Å²) in [6.07, 6.45) is 0. The summed E-state index contributed by atoms with van der Waals surface area (Å²) in [4.78, 5) is 10.5. The van der Waals surface area contributed by atoms with Gasteiger partial charge in [0.1, 0.15) is 17.3 Å². The van der Waals surface area contributed by atoms with Crippen molar-refractivity contribution in [3.8, 4) is 51.1 Å². The molecule has 10 aromatic rings. The molecule has 8 aromatic carbocycles. The fourth-order valence-corrected chi connectivity index (χ4v) is 9.43. The van der Waals surface area contributed by atoms with Crippen LogP contribution in [0.25, 0.3) is 72.2 Å². The smallest absolute Gasteiger partial charge is 0.162 e. The highest BCUT2D eigenvalue weighted by atomic mass is 16.5. The maximum Gasteiger partial charge on any atom is 0.162 e. The zero-order valence-corrected chi connectivity index (χ0v) is 29.6. The molecule has 3 heterocycles. The highest BCUT2D eigenvalue weighted by Gasteiger charge is 2.51. The van der Waals surface area contributed by atoms with E-state index in [1.165, 1.54) is 22.3 Å². The fraction of sp³-hybridized carbons (Fsp3) is 0.0196. The van der Waals surface area contributed by atoms with Gasteiger partial charge >= 0.3 is 0 Å². The Morgan fingerprint density at radius 2 is 1.11 bits per heavy atom. The first-order chi connectivity index (χ1) is 27.3. The lowest BCUT2D eigenvalue weighted by Crippen LogP contribution is -2.32. The summed E-state index contributed by atoms with van der Waals surface area (Å²) >= 11 is 0. The minimum Gasteiger partial charge on any atom is -0.456 e. The molecule has 0 unspecified atom stereocenters. The average Bonchev–Trinajstić information content (AvgIpc) is 3.76. The van der Waals surface area contributed by atoms with E-state index >= 15 is 0 Å². The topological polar surface area (TPSA) is 39.9 Å². The Balaban J connectivity index is 1.24. The van der Waals surface area contributed by atoms with Crippen LogP contribution >= 0.6 is 0 Å². The van der Waals surface area contributed by atoms with Crippen molar-refractivity contribution in [2.45, 2.75) is 5.41 Å². The molecule has 256 valence electrons. The van der Waals surface area contributed by atoms with E-state index < -0.39 is 5.41 Å². The van der Waals surface area contributed by atoms with Crippen LogP contribution in [0.4, 0.5) is 0 Å². The van der Waals surface area contributed by atoms with E-state index in [4.69, 9.17) is 14.7 Å². The molecule has 4 heteroatoms. The number of hydrogen-bond acceptors (Lipinski definition) is 3. The van der Waals surface area contributed by atoms with Gasteiger partial charge in [-0.15, -0.1) is 0 Å². The first kappa shape index (κ1) is 30.2. The third-order valence-corrected chi connectivity index (χ3v) is 11.7. The van der Waals surface area contributed by atoms with Crippen LogP contribution in [0.5, 0.6) is 11.5 Å². The van der Waals surface area contributed by atoms with Gasteiger partial charge in [0.05, 0.1) is 27.5 Å². The van der Waals surface area contributed by atoms with Crippen molar-refractivity contribution in [2.24, 2.45) is 0 Å². The molecular formula is C51H31N3O. The second-order valence-corrected chi connectivity index (χ2v) is 14.5. The second-order valence-electron chi connectivity index (χ2n) is 14.5. The third kappa shape index (κ3) is 4.11. The van der Waals surface area contributed by atoms with Gasteiger partial charge < -0.3 is 4.74 Å². The molecule has 12 rings (SSSR count).